The molecule has 0 saturated heterocycles. The fourth-order valence-corrected chi connectivity index (χ4v) is 0.257. The third kappa shape index (κ3) is 2.41. The van der Waals surface area contributed by atoms with Gasteiger partial charge < -0.3 is 25.2 Å². The number of carboxylic acid groups (broad SMARTS) is 1. The van der Waals surface area contributed by atoms with Crippen LogP contribution in [-0.4, -0.2) is 40.1 Å². The molecule has 0 rings (SSSR count). The van der Waals surface area contributed by atoms with Gasteiger partial charge in [0.15, 0.2) is 0 Å². The molecule has 0 radical (unpaired) electrons. The second-order valence-electron chi connectivity index (χ2n) is 1.51. The highest BCUT2D eigenvalue weighted by Gasteiger charge is 2.14. The lowest BCUT2D eigenvalue weighted by Crippen LogP contribution is -2.44. The summed E-state index contributed by atoms with van der Waals surface area (Å²) in [7, 11) is 0. The number of hydrogen-bond acceptors (Lipinski definition) is 5. The van der Waals surface area contributed by atoms with Crippen LogP contribution in [0.4, 0.5) is 0 Å². The molecule has 0 aliphatic carbocycles. The van der Waals surface area contributed by atoms with Crippen molar-refractivity contribution in [3.8, 4) is 0 Å². The Labute approximate surface area is 51.2 Å². The molecular formula is C4H7O5-. The van der Waals surface area contributed by atoms with Gasteiger partial charge in [-0.15, -0.1) is 0 Å². The van der Waals surface area contributed by atoms with Crippen LogP contribution in [0.5, 0.6) is 0 Å². The lowest BCUT2D eigenvalue weighted by molar-refractivity contribution is -0.318. The van der Waals surface area contributed by atoms with Crippen LogP contribution < -0.4 is 5.11 Å². The first-order valence-electron chi connectivity index (χ1n) is 2.27. The quantitative estimate of drug-likeness (QED) is 0.372. The maximum absolute atomic E-state index is 9.67. The second kappa shape index (κ2) is 3.39. The molecule has 0 heterocycles. The SMILES string of the molecule is O=C([O-])C(O)C(O)CO. The minimum atomic E-state index is -2.00. The van der Waals surface area contributed by atoms with E-state index in [4.69, 9.17) is 15.3 Å². The number of carboxylic acids is 1. The highest BCUT2D eigenvalue weighted by Crippen LogP contribution is 1.88. The van der Waals surface area contributed by atoms with Crippen molar-refractivity contribution in [3.05, 3.63) is 0 Å². The lowest BCUT2D eigenvalue weighted by atomic mass is 10.2. The molecule has 0 aliphatic heterocycles. The molecule has 9 heavy (non-hydrogen) atoms. The van der Waals surface area contributed by atoms with Crippen molar-refractivity contribution in [2.75, 3.05) is 6.61 Å². The predicted molar refractivity (Wildman–Crippen MR) is 24.1 cm³/mol. The van der Waals surface area contributed by atoms with Gasteiger partial charge in [-0.1, -0.05) is 0 Å². The van der Waals surface area contributed by atoms with Crippen LogP contribution >= 0.6 is 0 Å². The number of hydrogen-bond donors (Lipinski definition) is 3. The molecule has 0 spiro atoms. The summed E-state index contributed by atoms with van der Waals surface area (Å²) in [6.45, 7) is -0.796. The summed E-state index contributed by atoms with van der Waals surface area (Å²) < 4.78 is 0. The third-order valence-corrected chi connectivity index (χ3v) is 0.793. The first-order chi connectivity index (χ1) is 4.09. The maximum Gasteiger partial charge on any atom is 0.121 e. The molecule has 5 nitrogen and oxygen atoms in total. The Hall–Kier alpha value is -0.650. The standard InChI is InChI=1S/C4H8O5/c5-1-2(6)3(7)4(8)9/h2-3,5-7H,1H2,(H,8,9)/p-1. The van der Waals surface area contributed by atoms with Crippen LogP contribution in [0.1, 0.15) is 0 Å². The number of carbonyl (C=O) groups excluding carboxylic acids is 1. The molecule has 2 atom stereocenters. The molecule has 0 aliphatic rings. The Bertz CT molecular complexity index is 101. The largest absolute Gasteiger partial charge is 0.547 e. The van der Waals surface area contributed by atoms with E-state index < -0.39 is 24.8 Å². The minimum absolute atomic E-state index is 0.796. The molecule has 54 valence electrons. The molecule has 0 amide bonds. The number of aliphatic hydroxyl groups excluding tert-OH is 3. The number of aliphatic hydroxyl groups is 3. The third-order valence-electron chi connectivity index (χ3n) is 0.793. The van der Waals surface area contributed by atoms with Crippen LogP contribution in [-0.2, 0) is 4.79 Å². The summed E-state index contributed by atoms with van der Waals surface area (Å²) in [6.07, 6.45) is -3.66. The molecular weight excluding hydrogens is 128 g/mol. The Kier molecular flexibility index (Phi) is 3.15. The van der Waals surface area contributed by atoms with Gasteiger partial charge in [-0.25, -0.2) is 0 Å². The molecule has 3 N–H and O–H groups in total. The van der Waals surface area contributed by atoms with E-state index in [1.807, 2.05) is 0 Å². The van der Waals surface area contributed by atoms with Crippen LogP contribution in [0.15, 0.2) is 0 Å². The number of carbonyl (C=O) groups is 1. The Balaban J connectivity index is 3.72. The molecule has 5 heteroatoms. The molecule has 0 bridgehead atoms. The molecule has 0 aromatic carbocycles. The van der Waals surface area contributed by atoms with Gasteiger partial charge in [-0.2, -0.15) is 0 Å². The highest BCUT2D eigenvalue weighted by atomic mass is 16.4. The average Bonchev–Trinajstić information content (AvgIpc) is 1.84. The van der Waals surface area contributed by atoms with Crippen LogP contribution in [0.2, 0.25) is 0 Å². The van der Waals surface area contributed by atoms with Crippen molar-refractivity contribution in [3.63, 3.8) is 0 Å². The topological polar surface area (TPSA) is 101 Å². The van der Waals surface area contributed by atoms with Gasteiger partial charge in [0.1, 0.15) is 12.2 Å². The van der Waals surface area contributed by atoms with E-state index in [2.05, 4.69) is 0 Å². The Morgan fingerprint density at radius 1 is 1.56 bits per heavy atom. The van der Waals surface area contributed by atoms with E-state index in [1.54, 1.807) is 0 Å². The summed E-state index contributed by atoms with van der Waals surface area (Å²) in [5.74, 6) is -1.79. The zero-order valence-corrected chi connectivity index (χ0v) is 4.52. The van der Waals surface area contributed by atoms with Gasteiger partial charge in [0.25, 0.3) is 0 Å². The van der Waals surface area contributed by atoms with Crippen molar-refractivity contribution >= 4 is 5.97 Å². The molecule has 2 unspecified atom stereocenters. The average molecular weight is 135 g/mol. The van der Waals surface area contributed by atoms with Crippen molar-refractivity contribution in [1.82, 2.24) is 0 Å². The van der Waals surface area contributed by atoms with Crippen molar-refractivity contribution in [2.24, 2.45) is 0 Å². The Morgan fingerprint density at radius 2 is 2.00 bits per heavy atom. The van der Waals surface area contributed by atoms with Gasteiger partial charge in [-0.3, -0.25) is 0 Å². The van der Waals surface area contributed by atoms with Gasteiger partial charge in [0, 0.05) is 0 Å². The maximum atomic E-state index is 9.67. The smallest absolute Gasteiger partial charge is 0.121 e. The van der Waals surface area contributed by atoms with E-state index in [9.17, 15) is 9.90 Å². The van der Waals surface area contributed by atoms with Crippen LogP contribution in [0.3, 0.4) is 0 Å². The van der Waals surface area contributed by atoms with Crippen LogP contribution in [0, 0.1) is 0 Å². The zero-order chi connectivity index (χ0) is 7.44. The minimum Gasteiger partial charge on any atom is -0.547 e. The number of aliphatic carboxylic acids is 1. The number of rotatable bonds is 3. The van der Waals surface area contributed by atoms with Gasteiger partial charge in [0.05, 0.1) is 12.6 Å². The molecule has 0 fully saturated rings. The Morgan fingerprint density at radius 3 is 2.11 bits per heavy atom. The van der Waals surface area contributed by atoms with Crippen molar-refractivity contribution in [1.29, 1.82) is 0 Å². The summed E-state index contributed by atoms with van der Waals surface area (Å²) in [4.78, 5) is 9.67. The first-order valence-corrected chi connectivity index (χ1v) is 2.27. The van der Waals surface area contributed by atoms with E-state index in [-0.39, 0.29) is 0 Å². The summed E-state index contributed by atoms with van der Waals surface area (Å²) in [6, 6.07) is 0. The van der Waals surface area contributed by atoms with Crippen molar-refractivity contribution in [2.45, 2.75) is 12.2 Å². The molecule has 0 aromatic rings. The van der Waals surface area contributed by atoms with Gasteiger partial charge in [0.2, 0.25) is 0 Å². The first kappa shape index (κ1) is 8.35. The van der Waals surface area contributed by atoms with Crippen molar-refractivity contribution < 1.29 is 25.2 Å². The van der Waals surface area contributed by atoms with Gasteiger partial charge >= 0.3 is 0 Å². The highest BCUT2D eigenvalue weighted by molar-refractivity contribution is 5.70. The zero-order valence-electron chi connectivity index (χ0n) is 4.52. The summed E-state index contributed by atoms with van der Waals surface area (Å²) in [5.41, 5.74) is 0. The van der Waals surface area contributed by atoms with E-state index in [1.165, 1.54) is 0 Å². The summed E-state index contributed by atoms with van der Waals surface area (Å²) >= 11 is 0. The molecule has 0 aromatic heterocycles. The fraction of sp³-hybridized carbons (Fsp3) is 0.750. The molecule has 0 saturated carbocycles. The van der Waals surface area contributed by atoms with E-state index in [0.29, 0.717) is 0 Å². The monoisotopic (exact) mass is 135 g/mol. The fourth-order valence-electron chi connectivity index (χ4n) is 0.257. The second-order valence-corrected chi connectivity index (χ2v) is 1.51. The normalized spacial score (nSPS) is 16.8. The van der Waals surface area contributed by atoms with Gasteiger partial charge in [-0.05, 0) is 0 Å². The van der Waals surface area contributed by atoms with Crippen LogP contribution in [0.25, 0.3) is 0 Å². The van der Waals surface area contributed by atoms with E-state index >= 15 is 0 Å². The van der Waals surface area contributed by atoms with E-state index in [0.717, 1.165) is 0 Å². The predicted octanol–water partition coefficient (Wildman–Crippen LogP) is -3.55. The lowest BCUT2D eigenvalue weighted by Gasteiger charge is -2.15. The summed E-state index contributed by atoms with van der Waals surface area (Å²) in [5, 5.41) is 34.4.